The van der Waals surface area contributed by atoms with E-state index >= 15 is 0 Å². The maximum Gasteiger partial charge on any atom is 0.331 e. The van der Waals surface area contributed by atoms with E-state index in [0.717, 1.165) is 29.9 Å². The summed E-state index contributed by atoms with van der Waals surface area (Å²) in [6, 6.07) is -0.234. The van der Waals surface area contributed by atoms with E-state index in [1.807, 2.05) is 13.8 Å². The highest BCUT2D eigenvalue weighted by atomic mass is 16.5. The summed E-state index contributed by atoms with van der Waals surface area (Å²) in [6.45, 7) is 5.06. The molecule has 0 aromatic carbocycles. The van der Waals surface area contributed by atoms with Crippen LogP contribution in [0.15, 0.2) is 16.9 Å². The molecule has 8 heteroatoms. The van der Waals surface area contributed by atoms with Gasteiger partial charge in [-0.05, 0) is 32.6 Å². The summed E-state index contributed by atoms with van der Waals surface area (Å²) in [5.74, 6) is 1.07. The van der Waals surface area contributed by atoms with Crippen LogP contribution in [0.25, 0.3) is 0 Å². The number of aryl methyl sites for hydroxylation is 2. The minimum atomic E-state index is -0.234. The number of hydrogen-bond acceptors (Lipinski definition) is 5. The summed E-state index contributed by atoms with van der Waals surface area (Å²) in [4.78, 5) is 28.2. The smallest absolute Gasteiger partial charge is 0.331 e. The molecule has 8 nitrogen and oxygen atoms in total. The fourth-order valence-corrected chi connectivity index (χ4v) is 4.07. The average Bonchev–Trinajstić information content (AvgIpc) is 3.31. The van der Waals surface area contributed by atoms with Crippen LogP contribution >= 0.6 is 0 Å². The third-order valence-electron chi connectivity index (χ3n) is 5.62. The van der Waals surface area contributed by atoms with Gasteiger partial charge in [-0.3, -0.25) is 9.48 Å². The van der Waals surface area contributed by atoms with Crippen LogP contribution < -0.4 is 4.90 Å². The van der Waals surface area contributed by atoms with Crippen LogP contribution in [0.5, 0.6) is 0 Å². The number of amides is 3. The van der Waals surface area contributed by atoms with Crippen molar-refractivity contribution in [1.82, 2.24) is 19.8 Å². The molecule has 4 rings (SSSR count). The van der Waals surface area contributed by atoms with Crippen molar-refractivity contribution in [3.63, 3.8) is 0 Å². The number of aromatic nitrogens is 3. The van der Waals surface area contributed by atoms with E-state index < -0.39 is 0 Å². The minimum absolute atomic E-state index is 0.157. The maximum atomic E-state index is 12.8. The quantitative estimate of drug-likeness (QED) is 0.755. The van der Waals surface area contributed by atoms with E-state index in [0.29, 0.717) is 24.7 Å². The van der Waals surface area contributed by atoms with E-state index in [1.54, 1.807) is 22.0 Å². The Morgan fingerprint density at radius 2 is 1.96 bits per heavy atom. The molecule has 1 aliphatic heterocycles. The van der Waals surface area contributed by atoms with Gasteiger partial charge in [0.05, 0.1) is 24.1 Å². The van der Waals surface area contributed by atoms with Crippen LogP contribution in [0.2, 0.25) is 0 Å². The summed E-state index contributed by atoms with van der Waals surface area (Å²) in [5.41, 5.74) is 2.29. The average molecular weight is 371 g/mol. The Balaban J connectivity index is 1.46. The Morgan fingerprint density at radius 3 is 2.67 bits per heavy atom. The molecule has 0 N–H and O–H groups in total. The molecule has 2 aromatic heterocycles. The number of hydrogen-bond donors (Lipinski definition) is 0. The lowest BCUT2D eigenvalue weighted by Crippen LogP contribution is -2.35. The van der Waals surface area contributed by atoms with Crippen molar-refractivity contribution < 1.29 is 14.1 Å². The fourth-order valence-electron chi connectivity index (χ4n) is 4.07. The molecule has 0 atom stereocenters. The summed E-state index contributed by atoms with van der Waals surface area (Å²) in [7, 11) is 0. The van der Waals surface area contributed by atoms with Gasteiger partial charge in [-0.2, -0.15) is 5.10 Å². The zero-order valence-corrected chi connectivity index (χ0v) is 15.8. The number of anilines is 1. The van der Waals surface area contributed by atoms with Crippen LogP contribution in [0, 0.1) is 19.8 Å². The SMILES string of the molecule is Cc1noc(C)c1Cn1cc(N2C(=O)CN(CC3CCCCC3)C2=O)cn1. The number of rotatable bonds is 5. The Kier molecular flexibility index (Phi) is 4.72. The molecular formula is C19H25N5O3. The molecule has 0 radical (unpaired) electrons. The zero-order valence-electron chi connectivity index (χ0n) is 15.8. The van der Waals surface area contributed by atoms with Gasteiger partial charge in [-0.25, -0.2) is 9.69 Å². The number of carbonyl (C=O) groups excluding carboxylic acids is 2. The molecule has 1 aliphatic carbocycles. The molecule has 1 saturated carbocycles. The van der Waals surface area contributed by atoms with E-state index in [-0.39, 0.29) is 18.5 Å². The lowest BCUT2D eigenvalue weighted by molar-refractivity contribution is -0.116. The molecule has 2 fully saturated rings. The summed E-state index contributed by atoms with van der Waals surface area (Å²) in [6.07, 6.45) is 9.31. The second-order valence-electron chi connectivity index (χ2n) is 7.60. The predicted molar refractivity (Wildman–Crippen MR) is 98.3 cm³/mol. The molecule has 0 bridgehead atoms. The van der Waals surface area contributed by atoms with E-state index in [9.17, 15) is 9.59 Å². The van der Waals surface area contributed by atoms with Crippen molar-refractivity contribution in [3.05, 3.63) is 29.4 Å². The number of carbonyl (C=O) groups is 2. The first-order valence-electron chi connectivity index (χ1n) is 9.59. The standard InChI is InChI=1S/C19H25N5O3/c1-13-17(14(2)27-21-13)11-23-10-16(8-20-23)24-18(25)12-22(19(24)26)9-15-6-4-3-5-7-15/h8,10,15H,3-7,9,11-12H2,1-2H3. The monoisotopic (exact) mass is 371 g/mol. The first-order chi connectivity index (χ1) is 13.0. The number of nitrogens with zero attached hydrogens (tertiary/aromatic N) is 5. The third-order valence-corrected chi connectivity index (χ3v) is 5.62. The van der Waals surface area contributed by atoms with Gasteiger partial charge in [0.1, 0.15) is 12.3 Å². The summed E-state index contributed by atoms with van der Waals surface area (Å²) in [5, 5.41) is 8.25. The summed E-state index contributed by atoms with van der Waals surface area (Å²) >= 11 is 0. The van der Waals surface area contributed by atoms with Crippen LogP contribution in [0.1, 0.15) is 49.1 Å². The normalized spacial score (nSPS) is 18.7. The predicted octanol–water partition coefficient (Wildman–Crippen LogP) is 2.89. The molecule has 0 spiro atoms. The van der Waals surface area contributed by atoms with E-state index in [4.69, 9.17) is 4.52 Å². The Labute approximate surface area is 158 Å². The maximum absolute atomic E-state index is 12.8. The molecule has 3 amide bonds. The fraction of sp³-hybridized carbons (Fsp3) is 0.579. The Bertz CT molecular complexity index is 830. The molecule has 144 valence electrons. The first-order valence-corrected chi connectivity index (χ1v) is 9.59. The highest BCUT2D eigenvalue weighted by molar-refractivity contribution is 6.19. The van der Waals surface area contributed by atoms with Crippen molar-refractivity contribution in [2.75, 3.05) is 18.0 Å². The van der Waals surface area contributed by atoms with Gasteiger partial charge in [0.25, 0.3) is 5.91 Å². The highest BCUT2D eigenvalue weighted by Crippen LogP contribution is 2.27. The second kappa shape index (κ2) is 7.17. The molecule has 2 aromatic rings. The second-order valence-corrected chi connectivity index (χ2v) is 7.60. The molecule has 0 unspecified atom stereocenters. The largest absolute Gasteiger partial charge is 0.361 e. The van der Waals surface area contributed by atoms with Crippen molar-refractivity contribution in [1.29, 1.82) is 0 Å². The van der Waals surface area contributed by atoms with Crippen LogP contribution in [0.4, 0.5) is 10.5 Å². The number of imide groups is 1. The van der Waals surface area contributed by atoms with Crippen LogP contribution in [-0.2, 0) is 11.3 Å². The van der Waals surface area contributed by atoms with Crippen LogP contribution in [-0.4, -0.2) is 44.9 Å². The van der Waals surface area contributed by atoms with Gasteiger partial charge in [0, 0.05) is 18.3 Å². The van der Waals surface area contributed by atoms with Gasteiger partial charge < -0.3 is 9.42 Å². The van der Waals surface area contributed by atoms with Crippen molar-refractivity contribution >= 4 is 17.6 Å². The minimum Gasteiger partial charge on any atom is -0.361 e. The van der Waals surface area contributed by atoms with Gasteiger partial charge in [-0.15, -0.1) is 0 Å². The van der Waals surface area contributed by atoms with Gasteiger partial charge >= 0.3 is 6.03 Å². The lowest BCUT2D eigenvalue weighted by atomic mass is 9.89. The third kappa shape index (κ3) is 3.48. The van der Waals surface area contributed by atoms with Crippen LogP contribution in [0.3, 0.4) is 0 Å². The van der Waals surface area contributed by atoms with Gasteiger partial charge in [0.15, 0.2) is 0 Å². The Morgan fingerprint density at radius 1 is 1.19 bits per heavy atom. The van der Waals surface area contributed by atoms with Crippen molar-refractivity contribution in [3.8, 4) is 0 Å². The highest BCUT2D eigenvalue weighted by Gasteiger charge is 2.38. The lowest BCUT2D eigenvalue weighted by Gasteiger charge is -2.26. The molecule has 27 heavy (non-hydrogen) atoms. The first kappa shape index (κ1) is 17.8. The Hall–Kier alpha value is -2.64. The number of urea groups is 1. The van der Waals surface area contributed by atoms with E-state index in [2.05, 4.69) is 10.3 Å². The zero-order chi connectivity index (χ0) is 19.0. The molecule has 2 aliphatic rings. The van der Waals surface area contributed by atoms with Gasteiger partial charge in [0.2, 0.25) is 0 Å². The van der Waals surface area contributed by atoms with Gasteiger partial charge in [-0.1, -0.05) is 24.4 Å². The van der Waals surface area contributed by atoms with Crippen molar-refractivity contribution in [2.24, 2.45) is 5.92 Å². The topological polar surface area (TPSA) is 84.5 Å². The van der Waals surface area contributed by atoms with Crippen molar-refractivity contribution in [2.45, 2.75) is 52.5 Å². The van der Waals surface area contributed by atoms with E-state index in [1.165, 1.54) is 24.2 Å². The molecule has 3 heterocycles. The summed E-state index contributed by atoms with van der Waals surface area (Å²) < 4.78 is 6.88. The molecular weight excluding hydrogens is 346 g/mol. The molecule has 1 saturated heterocycles.